The van der Waals surface area contributed by atoms with E-state index in [1.54, 1.807) is 18.3 Å². The van der Waals surface area contributed by atoms with E-state index in [1.807, 2.05) is 26.8 Å². The number of aryl methyl sites for hydroxylation is 2. The van der Waals surface area contributed by atoms with Crippen LogP contribution in [0, 0.1) is 13.8 Å². The maximum absolute atomic E-state index is 11.9. The Hall–Kier alpha value is -2.49. The minimum Gasteiger partial charge on any atom is -0.267 e. The summed E-state index contributed by atoms with van der Waals surface area (Å²) in [5.74, 6) is -0.261. The van der Waals surface area contributed by atoms with Crippen molar-refractivity contribution in [1.82, 2.24) is 10.4 Å². The summed E-state index contributed by atoms with van der Waals surface area (Å²) in [4.78, 5) is 15.8. The lowest BCUT2D eigenvalue weighted by molar-refractivity contribution is 0.0954. The Morgan fingerprint density at radius 2 is 2.05 bits per heavy atom. The lowest BCUT2D eigenvalue weighted by Gasteiger charge is -2.07. The topological polar surface area (TPSA) is 54.4 Å². The molecular weight excluding hydrogens is 250 g/mol. The number of benzene rings is 1. The van der Waals surface area contributed by atoms with Crippen LogP contribution in [0.25, 0.3) is 0 Å². The molecule has 1 aromatic carbocycles. The van der Waals surface area contributed by atoms with Crippen molar-refractivity contribution in [2.75, 3.05) is 0 Å². The van der Waals surface area contributed by atoms with Gasteiger partial charge in [-0.15, -0.1) is 0 Å². The molecule has 1 amide bonds. The summed E-state index contributed by atoms with van der Waals surface area (Å²) in [5, 5.41) is 4.16. The number of hydrogen-bond donors (Lipinski definition) is 1. The summed E-state index contributed by atoms with van der Waals surface area (Å²) in [7, 11) is 0. The molecule has 0 atom stereocenters. The average molecular weight is 267 g/mol. The van der Waals surface area contributed by atoms with E-state index in [4.69, 9.17) is 0 Å². The summed E-state index contributed by atoms with van der Waals surface area (Å²) in [6.45, 7) is 5.94. The minimum absolute atomic E-state index is 0.261. The smallest absolute Gasteiger partial charge is 0.267 e. The molecule has 0 aliphatic carbocycles. The molecule has 0 unspecified atom stereocenters. The monoisotopic (exact) mass is 267 g/mol. The van der Waals surface area contributed by atoms with Crippen LogP contribution >= 0.6 is 0 Å². The number of nitrogens with zero attached hydrogens (tertiary/aromatic N) is 2. The van der Waals surface area contributed by atoms with Gasteiger partial charge in [-0.25, -0.2) is 5.43 Å². The van der Waals surface area contributed by atoms with E-state index in [-0.39, 0.29) is 5.91 Å². The highest BCUT2D eigenvalue weighted by atomic mass is 16.2. The van der Waals surface area contributed by atoms with Gasteiger partial charge in [-0.2, -0.15) is 5.10 Å². The van der Waals surface area contributed by atoms with Crippen LogP contribution in [0.3, 0.4) is 0 Å². The second kappa shape index (κ2) is 6.10. The Bertz CT molecular complexity index is 648. The number of hydrogen-bond acceptors (Lipinski definition) is 3. The minimum atomic E-state index is -0.261. The highest BCUT2D eigenvalue weighted by Crippen LogP contribution is 2.11. The first-order valence-electron chi connectivity index (χ1n) is 6.40. The quantitative estimate of drug-likeness (QED) is 0.686. The van der Waals surface area contributed by atoms with E-state index in [0.717, 1.165) is 16.8 Å². The molecule has 4 nitrogen and oxygen atoms in total. The summed E-state index contributed by atoms with van der Waals surface area (Å²) >= 11 is 0. The molecule has 0 saturated heterocycles. The van der Waals surface area contributed by atoms with Gasteiger partial charge in [-0.05, 0) is 44.5 Å². The number of pyridine rings is 1. The highest BCUT2D eigenvalue weighted by Gasteiger charge is 2.06. The molecule has 1 N–H and O–H groups in total. The van der Waals surface area contributed by atoms with E-state index >= 15 is 0 Å². The number of carbonyl (C=O) groups excluding carboxylic acids is 1. The SMILES string of the molecule is C/C(=N\NC(=O)c1cccnc1)c1cc(C)ccc1C. The van der Waals surface area contributed by atoms with E-state index in [9.17, 15) is 4.79 Å². The predicted octanol–water partition coefficient (Wildman–Crippen LogP) is 2.85. The van der Waals surface area contributed by atoms with Gasteiger partial charge in [0.15, 0.2) is 0 Å². The van der Waals surface area contributed by atoms with Crippen molar-refractivity contribution in [3.63, 3.8) is 0 Å². The third-order valence-corrected chi connectivity index (χ3v) is 3.03. The standard InChI is InChI=1S/C16H17N3O/c1-11-6-7-12(2)15(9-11)13(3)18-19-16(20)14-5-4-8-17-10-14/h4-10H,1-3H3,(H,19,20)/b18-13+. The van der Waals surface area contributed by atoms with Crippen molar-refractivity contribution in [2.24, 2.45) is 5.10 Å². The van der Waals surface area contributed by atoms with E-state index in [2.05, 4.69) is 27.6 Å². The summed E-state index contributed by atoms with van der Waals surface area (Å²) in [6, 6.07) is 9.58. The zero-order valence-electron chi connectivity index (χ0n) is 11.8. The second-order valence-electron chi connectivity index (χ2n) is 4.70. The third-order valence-electron chi connectivity index (χ3n) is 3.03. The normalized spacial score (nSPS) is 11.2. The fourth-order valence-corrected chi connectivity index (χ4v) is 1.88. The van der Waals surface area contributed by atoms with E-state index in [1.165, 1.54) is 11.8 Å². The number of hydrazone groups is 1. The van der Waals surface area contributed by atoms with Gasteiger partial charge >= 0.3 is 0 Å². The van der Waals surface area contributed by atoms with Gasteiger partial charge in [0.2, 0.25) is 0 Å². The molecule has 2 rings (SSSR count). The number of aromatic nitrogens is 1. The zero-order valence-corrected chi connectivity index (χ0v) is 11.8. The van der Waals surface area contributed by atoms with Crippen LogP contribution in [0.2, 0.25) is 0 Å². The molecule has 1 aromatic heterocycles. The number of rotatable bonds is 3. The summed E-state index contributed by atoms with van der Waals surface area (Å²) in [5.41, 5.74) is 7.16. The van der Waals surface area contributed by atoms with Gasteiger partial charge in [0, 0.05) is 18.0 Å². The molecule has 0 aliphatic heterocycles. The van der Waals surface area contributed by atoms with Gasteiger partial charge in [0.25, 0.3) is 5.91 Å². The maximum atomic E-state index is 11.9. The lowest BCUT2D eigenvalue weighted by atomic mass is 10.0. The van der Waals surface area contributed by atoms with Crippen LogP contribution in [0.5, 0.6) is 0 Å². The zero-order chi connectivity index (χ0) is 14.5. The Balaban J connectivity index is 2.15. The second-order valence-corrected chi connectivity index (χ2v) is 4.70. The molecule has 0 bridgehead atoms. The molecular formula is C16H17N3O. The van der Waals surface area contributed by atoms with Crippen LogP contribution in [-0.4, -0.2) is 16.6 Å². The van der Waals surface area contributed by atoms with Crippen molar-refractivity contribution in [3.05, 3.63) is 65.0 Å². The number of amides is 1. The predicted molar refractivity (Wildman–Crippen MR) is 79.8 cm³/mol. The molecule has 4 heteroatoms. The van der Waals surface area contributed by atoms with Gasteiger partial charge in [-0.3, -0.25) is 9.78 Å². The van der Waals surface area contributed by atoms with E-state index < -0.39 is 0 Å². The molecule has 102 valence electrons. The molecule has 0 saturated carbocycles. The highest BCUT2D eigenvalue weighted by molar-refractivity contribution is 6.01. The fraction of sp³-hybridized carbons (Fsp3) is 0.188. The first kappa shape index (κ1) is 13.9. The number of carbonyl (C=O) groups is 1. The van der Waals surface area contributed by atoms with Gasteiger partial charge in [0.1, 0.15) is 0 Å². The van der Waals surface area contributed by atoms with Gasteiger partial charge in [0.05, 0.1) is 11.3 Å². The Morgan fingerprint density at radius 3 is 2.75 bits per heavy atom. The van der Waals surface area contributed by atoms with Gasteiger partial charge in [-0.1, -0.05) is 17.7 Å². The third kappa shape index (κ3) is 3.29. The average Bonchev–Trinajstić information content (AvgIpc) is 2.47. The van der Waals surface area contributed by atoms with Crippen molar-refractivity contribution >= 4 is 11.6 Å². The molecule has 0 fully saturated rings. The van der Waals surface area contributed by atoms with Crippen LogP contribution in [0.4, 0.5) is 0 Å². The van der Waals surface area contributed by atoms with Crippen LogP contribution in [0.15, 0.2) is 47.8 Å². The Kier molecular flexibility index (Phi) is 4.25. The lowest BCUT2D eigenvalue weighted by Crippen LogP contribution is -2.19. The molecule has 0 spiro atoms. The summed E-state index contributed by atoms with van der Waals surface area (Å²) in [6.07, 6.45) is 3.14. The number of nitrogens with one attached hydrogen (secondary N) is 1. The Labute approximate surface area is 118 Å². The molecule has 0 aliphatic rings. The van der Waals surface area contributed by atoms with Crippen LogP contribution < -0.4 is 5.43 Å². The summed E-state index contributed by atoms with van der Waals surface area (Å²) < 4.78 is 0. The van der Waals surface area contributed by atoms with Crippen molar-refractivity contribution in [1.29, 1.82) is 0 Å². The maximum Gasteiger partial charge on any atom is 0.272 e. The largest absolute Gasteiger partial charge is 0.272 e. The Morgan fingerprint density at radius 1 is 1.25 bits per heavy atom. The van der Waals surface area contributed by atoms with Crippen molar-refractivity contribution in [3.8, 4) is 0 Å². The molecule has 2 aromatic rings. The van der Waals surface area contributed by atoms with Crippen molar-refractivity contribution in [2.45, 2.75) is 20.8 Å². The fourth-order valence-electron chi connectivity index (χ4n) is 1.88. The van der Waals surface area contributed by atoms with Crippen LogP contribution in [0.1, 0.15) is 34.0 Å². The molecule has 20 heavy (non-hydrogen) atoms. The first-order valence-corrected chi connectivity index (χ1v) is 6.40. The van der Waals surface area contributed by atoms with Crippen molar-refractivity contribution < 1.29 is 4.79 Å². The van der Waals surface area contributed by atoms with Crippen LogP contribution in [-0.2, 0) is 0 Å². The molecule has 1 heterocycles. The van der Waals surface area contributed by atoms with E-state index in [0.29, 0.717) is 5.56 Å². The molecule has 0 radical (unpaired) electrons. The first-order chi connectivity index (χ1) is 9.58. The van der Waals surface area contributed by atoms with Gasteiger partial charge < -0.3 is 0 Å².